The minimum atomic E-state index is -0.385. The molecule has 0 aliphatic carbocycles. The molecule has 1 heterocycles. The van der Waals surface area contributed by atoms with Crippen molar-refractivity contribution in [2.45, 2.75) is 6.92 Å². The van der Waals surface area contributed by atoms with Gasteiger partial charge in [-0.15, -0.1) is 0 Å². The highest BCUT2D eigenvalue weighted by atomic mass is 16.6. The van der Waals surface area contributed by atoms with Gasteiger partial charge in [-0.2, -0.15) is 0 Å². The number of nitrogens with one attached hydrogen (secondary N) is 2. The molecule has 0 unspecified atom stereocenters. The fourth-order valence-electron chi connectivity index (χ4n) is 1.82. The van der Waals surface area contributed by atoms with Gasteiger partial charge in [0.05, 0.1) is 19.7 Å². The zero-order valence-corrected chi connectivity index (χ0v) is 11.8. The zero-order valence-electron chi connectivity index (χ0n) is 11.8. The largest absolute Gasteiger partial charge is 0.486 e. The van der Waals surface area contributed by atoms with Gasteiger partial charge >= 0.3 is 5.97 Å². The molecule has 0 bridgehead atoms. The first kappa shape index (κ1) is 15.1. The summed E-state index contributed by atoms with van der Waals surface area (Å²) in [6.07, 6.45) is 0. The number of rotatable bonds is 6. The highest BCUT2D eigenvalue weighted by Gasteiger charge is 2.12. The predicted molar refractivity (Wildman–Crippen MR) is 75.6 cm³/mol. The van der Waals surface area contributed by atoms with Crippen molar-refractivity contribution in [2.75, 3.05) is 38.2 Å². The van der Waals surface area contributed by atoms with Crippen LogP contribution >= 0.6 is 0 Å². The van der Waals surface area contributed by atoms with Crippen molar-refractivity contribution in [2.24, 2.45) is 0 Å². The molecule has 1 aliphatic rings. The lowest BCUT2D eigenvalue weighted by molar-refractivity contribution is -0.141. The van der Waals surface area contributed by atoms with E-state index in [9.17, 15) is 9.59 Å². The number of carbonyl (C=O) groups is 2. The number of benzene rings is 1. The number of hydrogen-bond donors (Lipinski definition) is 2. The highest BCUT2D eigenvalue weighted by molar-refractivity contribution is 5.92. The summed E-state index contributed by atoms with van der Waals surface area (Å²) < 4.78 is 15.6. The van der Waals surface area contributed by atoms with Gasteiger partial charge < -0.3 is 19.5 Å². The summed E-state index contributed by atoms with van der Waals surface area (Å²) in [6.45, 7) is 3.09. The van der Waals surface area contributed by atoms with Gasteiger partial charge in [-0.1, -0.05) is 0 Å². The molecule has 1 aromatic carbocycles. The van der Waals surface area contributed by atoms with Crippen LogP contribution in [0.4, 0.5) is 5.69 Å². The van der Waals surface area contributed by atoms with Crippen LogP contribution in [0.15, 0.2) is 18.2 Å². The lowest BCUT2D eigenvalue weighted by atomic mass is 10.2. The van der Waals surface area contributed by atoms with Crippen molar-refractivity contribution >= 4 is 17.6 Å². The Balaban J connectivity index is 1.78. The second kappa shape index (κ2) is 7.49. The van der Waals surface area contributed by atoms with Gasteiger partial charge in [0.15, 0.2) is 11.5 Å². The molecule has 114 valence electrons. The molecule has 1 aromatic rings. The highest BCUT2D eigenvalue weighted by Crippen LogP contribution is 2.32. The number of carbonyl (C=O) groups excluding carboxylic acids is 2. The van der Waals surface area contributed by atoms with Crippen molar-refractivity contribution in [3.63, 3.8) is 0 Å². The first-order valence-electron chi connectivity index (χ1n) is 6.75. The lowest BCUT2D eigenvalue weighted by Gasteiger charge is -2.19. The molecule has 7 heteroatoms. The standard InChI is InChI=1S/C14H18N2O5/c1-2-19-14(18)9-15-8-13(17)16-10-3-4-11-12(7-10)21-6-5-20-11/h3-4,7,15H,2,5-6,8-9H2,1H3,(H,16,17). The average Bonchev–Trinajstić information content (AvgIpc) is 2.47. The van der Waals surface area contributed by atoms with Gasteiger partial charge in [-0.3, -0.25) is 14.9 Å². The number of esters is 1. The third-order valence-electron chi connectivity index (χ3n) is 2.69. The molecular formula is C14H18N2O5. The van der Waals surface area contributed by atoms with Gasteiger partial charge in [0.2, 0.25) is 5.91 Å². The molecule has 0 aromatic heterocycles. The number of amides is 1. The van der Waals surface area contributed by atoms with E-state index in [2.05, 4.69) is 10.6 Å². The minimum absolute atomic E-state index is 0.00238. The first-order chi connectivity index (χ1) is 10.2. The average molecular weight is 294 g/mol. The Bertz CT molecular complexity index is 518. The second-order valence-corrected chi connectivity index (χ2v) is 4.32. The fraction of sp³-hybridized carbons (Fsp3) is 0.429. The summed E-state index contributed by atoms with van der Waals surface area (Å²) in [4.78, 5) is 22.8. The molecule has 1 amide bonds. The van der Waals surface area contributed by atoms with E-state index >= 15 is 0 Å². The van der Waals surface area contributed by atoms with Gasteiger partial charge in [0.1, 0.15) is 13.2 Å². The molecule has 21 heavy (non-hydrogen) atoms. The van der Waals surface area contributed by atoms with E-state index in [1.807, 2.05) is 0 Å². The third kappa shape index (κ3) is 4.64. The predicted octanol–water partition coefficient (Wildman–Crippen LogP) is 0.549. The molecule has 0 radical (unpaired) electrons. The molecule has 7 nitrogen and oxygen atoms in total. The van der Waals surface area contributed by atoms with Crippen LogP contribution in [-0.4, -0.2) is 44.8 Å². The summed E-state index contributed by atoms with van der Waals surface area (Å²) in [5.74, 6) is 0.638. The SMILES string of the molecule is CCOC(=O)CNCC(=O)Nc1ccc2c(c1)OCCO2. The lowest BCUT2D eigenvalue weighted by Crippen LogP contribution is -2.32. The molecule has 0 fully saturated rings. The van der Waals surface area contributed by atoms with Crippen LogP contribution in [0.5, 0.6) is 11.5 Å². The third-order valence-corrected chi connectivity index (χ3v) is 2.69. The van der Waals surface area contributed by atoms with E-state index in [0.717, 1.165) is 0 Å². The first-order valence-corrected chi connectivity index (χ1v) is 6.75. The monoisotopic (exact) mass is 294 g/mol. The Kier molecular flexibility index (Phi) is 5.39. The number of fused-ring (bicyclic) bond motifs is 1. The summed E-state index contributed by atoms with van der Waals surface area (Å²) in [5, 5.41) is 5.42. The van der Waals surface area contributed by atoms with E-state index in [1.165, 1.54) is 0 Å². The molecule has 0 saturated carbocycles. The van der Waals surface area contributed by atoms with Crippen LogP contribution in [0.2, 0.25) is 0 Å². The number of ether oxygens (including phenoxy) is 3. The molecule has 0 atom stereocenters. The quantitative estimate of drug-likeness (QED) is 0.745. The Morgan fingerprint density at radius 3 is 2.71 bits per heavy atom. The van der Waals surface area contributed by atoms with E-state index in [4.69, 9.17) is 14.2 Å². The van der Waals surface area contributed by atoms with Gasteiger partial charge in [-0.05, 0) is 19.1 Å². The summed E-state index contributed by atoms with van der Waals surface area (Å²) in [5.41, 5.74) is 0.613. The fourth-order valence-corrected chi connectivity index (χ4v) is 1.82. The summed E-state index contributed by atoms with van der Waals surface area (Å²) >= 11 is 0. The molecular weight excluding hydrogens is 276 g/mol. The van der Waals surface area contributed by atoms with Crippen molar-refractivity contribution in [3.8, 4) is 11.5 Å². The molecule has 0 saturated heterocycles. The van der Waals surface area contributed by atoms with Crippen LogP contribution in [0.3, 0.4) is 0 Å². The van der Waals surface area contributed by atoms with Gasteiger partial charge in [0, 0.05) is 11.8 Å². The second-order valence-electron chi connectivity index (χ2n) is 4.32. The summed E-state index contributed by atoms with van der Waals surface area (Å²) in [7, 11) is 0. The normalized spacial score (nSPS) is 12.6. The van der Waals surface area contributed by atoms with E-state index in [-0.39, 0.29) is 25.0 Å². The van der Waals surface area contributed by atoms with Crippen molar-refractivity contribution in [1.29, 1.82) is 0 Å². The Morgan fingerprint density at radius 1 is 1.19 bits per heavy atom. The van der Waals surface area contributed by atoms with Crippen LogP contribution in [-0.2, 0) is 14.3 Å². The Morgan fingerprint density at radius 2 is 1.95 bits per heavy atom. The van der Waals surface area contributed by atoms with Crippen LogP contribution in [0.25, 0.3) is 0 Å². The smallest absolute Gasteiger partial charge is 0.319 e. The molecule has 0 spiro atoms. The topological polar surface area (TPSA) is 85.9 Å². The maximum Gasteiger partial charge on any atom is 0.319 e. The van der Waals surface area contributed by atoms with Crippen molar-refractivity contribution in [1.82, 2.24) is 5.32 Å². The van der Waals surface area contributed by atoms with Crippen LogP contribution in [0.1, 0.15) is 6.92 Å². The number of hydrogen-bond acceptors (Lipinski definition) is 6. The van der Waals surface area contributed by atoms with E-state index in [1.54, 1.807) is 25.1 Å². The van der Waals surface area contributed by atoms with E-state index in [0.29, 0.717) is 37.0 Å². The summed E-state index contributed by atoms with van der Waals surface area (Å²) in [6, 6.07) is 5.19. The van der Waals surface area contributed by atoms with Crippen molar-refractivity contribution < 1.29 is 23.8 Å². The number of anilines is 1. The molecule has 2 N–H and O–H groups in total. The Labute approximate surface area is 122 Å². The van der Waals surface area contributed by atoms with Crippen molar-refractivity contribution in [3.05, 3.63) is 18.2 Å². The van der Waals surface area contributed by atoms with Gasteiger partial charge in [-0.25, -0.2) is 0 Å². The van der Waals surface area contributed by atoms with Crippen LogP contribution < -0.4 is 20.1 Å². The minimum Gasteiger partial charge on any atom is -0.486 e. The molecule has 2 rings (SSSR count). The zero-order chi connectivity index (χ0) is 15.1. The van der Waals surface area contributed by atoms with E-state index < -0.39 is 0 Å². The molecule has 1 aliphatic heterocycles. The van der Waals surface area contributed by atoms with Gasteiger partial charge in [0.25, 0.3) is 0 Å². The maximum atomic E-state index is 11.7. The van der Waals surface area contributed by atoms with Crippen LogP contribution in [0, 0.1) is 0 Å². The Hall–Kier alpha value is -2.28. The maximum absolute atomic E-state index is 11.7.